The van der Waals surface area contributed by atoms with E-state index in [1.54, 1.807) is 6.92 Å². The van der Waals surface area contributed by atoms with E-state index in [1.165, 1.54) is 10.9 Å². The number of imidazole rings is 1. The smallest absolute Gasteiger partial charge is 0.279 e. The van der Waals surface area contributed by atoms with Crippen LogP contribution >= 0.6 is 0 Å². The second kappa shape index (κ2) is 5.42. The summed E-state index contributed by atoms with van der Waals surface area (Å²) in [5.74, 6) is 1.51. The van der Waals surface area contributed by atoms with Crippen molar-refractivity contribution in [2.45, 2.75) is 24.9 Å². The summed E-state index contributed by atoms with van der Waals surface area (Å²) in [5, 5.41) is 19.7. The van der Waals surface area contributed by atoms with Crippen LogP contribution in [-0.4, -0.2) is 54.7 Å². The van der Waals surface area contributed by atoms with E-state index in [2.05, 4.69) is 20.9 Å². The number of halogens is 1. The van der Waals surface area contributed by atoms with Gasteiger partial charge in [-0.2, -0.15) is 0 Å². The highest BCUT2D eigenvalue weighted by Gasteiger charge is 2.54. The van der Waals surface area contributed by atoms with Crippen molar-refractivity contribution >= 4 is 11.2 Å². The van der Waals surface area contributed by atoms with Gasteiger partial charge in [0.05, 0.1) is 25.5 Å². The number of fused-ring (bicyclic) bond motifs is 1. The molecule has 0 saturated carbocycles. The SMILES string of the molecule is C#C[C@]1(CO)O[C@@H](n2cnc3c(=O)[nH]c(C)nc32)[C@@H](CF)[C@@H]1O. The molecule has 0 bridgehead atoms. The highest BCUT2D eigenvalue weighted by molar-refractivity contribution is 5.69. The van der Waals surface area contributed by atoms with Gasteiger partial charge in [-0.15, -0.1) is 6.42 Å². The fourth-order valence-corrected chi connectivity index (χ4v) is 2.82. The standard InChI is InChI=1S/C14H15FN4O4/c1-3-14(5-20)10(21)8(4-15)13(23-14)19-6-16-9-11(19)17-7(2)18-12(9)22/h1,6,8,10,13,20-21H,4-5H2,2H3,(H,17,18,22)/t8-,10-,13+,14+/m0/s1. The number of aryl methyl sites for hydroxylation is 1. The summed E-state index contributed by atoms with van der Waals surface area (Å²) < 4.78 is 20.4. The topological polar surface area (TPSA) is 113 Å². The van der Waals surface area contributed by atoms with Gasteiger partial charge in [0, 0.05) is 0 Å². The molecule has 122 valence electrons. The molecule has 0 unspecified atom stereocenters. The number of alkyl halides is 1. The van der Waals surface area contributed by atoms with Crippen LogP contribution in [-0.2, 0) is 4.74 Å². The van der Waals surface area contributed by atoms with Crippen molar-refractivity contribution in [2.24, 2.45) is 5.92 Å². The highest BCUT2D eigenvalue weighted by Crippen LogP contribution is 2.42. The molecule has 9 heteroatoms. The molecule has 1 aliphatic heterocycles. The van der Waals surface area contributed by atoms with Crippen molar-refractivity contribution in [3.63, 3.8) is 0 Å². The lowest BCUT2D eigenvalue weighted by atomic mass is 9.91. The normalized spacial score (nSPS) is 30.7. The van der Waals surface area contributed by atoms with E-state index in [0.717, 1.165) is 0 Å². The second-order valence-electron chi connectivity index (χ2n) is 5.44. The summed E-state index contributed by atoms with van der Waals surface area (Å²) >= 11 is 0. The summed E-state index contributed by atoms with van der Waals surface area (Å²) in [7, 11) is 0. The molecule has 3 rings (SSSR count). The van der Waals surface area contributed by atoms with Crippen LogP contribution in [0.15, 0.2) is 11.1 Å². The van der Waals surface area contributed by atoms with Crippen LogP contribution in [0.2, 0.25) is 0 Å². The van der Waals surface area contributed by atoms with Gasteiger partial charge in [-0.1, -0.05) is 5.92 Å². The van der Waals surface area contributed by atoms with Gasteiger partial charge in [0.1, 0.15) is 18.2 Å². The number of rotatable bonds is 3. The predicted molar refractivity (Wildman–Crippen MR) is 77.1 cm³/mol. The Morgan fingerprint density at radius 2 is 2.39 bits per heavy atom. The Morgan fingerprint density at radius 3 is 3.00 bits per heavy atom. The van der Waals surface area contributed by atoms with Gasteiger partial charge in [0.2, 0.25) is 0 Å². The van der Waals surface area contributed by atoms with Crippen molar-refractivity contribution < 1.29 is 19.3 Å². The molecule has 1 aliphatic rings. The molecular weight excluding hydrogens is 307 g/mol. The maximum atomic E-state index is 13.5. The van der Waals surface area contributed by atoms with E-state index in [0.29, 0.717) is 5.82 Å². The molecule has 0 radical (unpaired) electrons. The summed E-state index contributed by atoms with van der Waals surface area (Å²) in [6.45, 7) is -0.0108. The molecule has 3 heterocycles. The third-order valence-corrected chi connectivity index (χ3v) is 4.06. The van der Waals surface area contributed by atoms with Gasteiger partial charge < -0.3 is 19.9 Å². The first-order chi connectivity index (χ1) is 11.0. The third-order valence-electron chi connectivity index (χ3n) is 4.06. The lowest BCUT2D eigenvalue weighted by molar-refractivity contribution is -0.0899. The van der Waals surface area contributed by atoms with Crippen LogP contribution in [0.25, 0.3) is 11.2 Å². The van der Waals surface area contributed by atoms with Crippen LogP contribution in [0, 0.1) is 25.2 Å². The minimum absolute atomic E-state index is 0.0634. The zero-order chi connectivity index (χ0) is 16.8. The maximum absolute atomic E-state index is 13.5. The van der Waals surface area contributed by atoms with Crippen LogP contribution in [0.4, 0.5) is 4.39 Å². The average molecular weight is 322 g/mol. The minimum Gasteiger partial charge on any atom is -0.392 e. The van der Waals surface area contributed by atoms with Crippen LogP contribution in [0.5, 0.6) is 0 Å². The van der Waals surface area contributed by atoms with Crippen molar-refractivity contribution in [1.29, 1.82) is 0 Å². The molecule has 0 amide bonds. The molecule has 0 aliphatic carbocycles. The number of aliphatic hydroxyl groups is 2. The Morgan fingerprint density at radius 1 is 1.65 bits per heavy atom. The molecule has 4 atom stereocenters. The zero-order valence-corrected chi connectivity index (χ0v) is 12.2. The monoisotopic (exact) mass is 322 g/mol. The first-order valence-corrected chi connectivity index (χ1v) is 6.91. The molecule has 8 nitrogen and oxygen atoms in total. The number of H-pyrrole nitrogens is 1. The number of ether oxygens (including phenoxy) is 1. The molecule has 0 aromatic carbocycles. The number of hydrogen-bond acceptors (Lipinski definition) is 6. The summed E-state index contributed by atoms with van der Waals surface area (Å²) in [6.07, 6.45) is 4.17. The molecule has 2 aromatic heterocycles. The summed E-state index contributed by atoms with van der Waals surface area (Å²) in [4.78, 5) is 22.5. The van der Waals surface area contributed by atoms with E-state index in [1.807, 2.05) is 0 Å². The Labute approximate surface area is 129 Å². The molecule has 3 N–H and O–H groups in total. The molecule has 0 spiro atoms. The quantitative estimate of drug-likeness (QED) is 0.642. The number of aromatic amines is 1. The fourth-order valence-electron chi connectivity index (χ4n) is 2.82. The van der Waals surface area contributed by atoms with Gasteiger partial charge >= 0.3 is 0 Å². The summed E-state index contributed by atoms with van der Waals surface area (Å²) in [6, 6.07) is 0. The Bertz CT molecular complexity index is 841. The van der Waals surface area contributed by atoms with Gasteiger partial charge in [-0.05, 0) is 6.92 Å². The molecule has 2 aromatic rings. The van der Waals surface area contributed by atoms with E-state index in [9.17, 15) is 19.4 Å². The van der Waals surface area contributed by atoms with Gasteiger partial charge in [0.15, 0.2) is 16.8 Å². The van der Waals surface area contributed by atoms with Crippen molar-refractivity contribution in [1.82, 2.24) is 19.5 Å². The van der Waals surface area contributed by atoms with E-state index >= 15 is 0 Å². The van der Waals surface area contributed by atoms with Gasteiger partial charge in [-0.3, -0.25) is 13.8 Å². The average Bonchev–Trinajstić information content (AvgIpc) is 3.06. The number of hydrogen-bond donors (Lipinski definition) is 3. The van der Waals surface area contributed by atoms with Gasteiger partial charge in [-0.25, -0.2) is 9.97 Å². The fraction of sp³-hybridized carbons (Fsp3) is 0.500. The van der Waals surface area contributed by atoms with E-state index in [4.69, 9.17) is 11.2 Å². The predicted octanol–water partition coefficient (Wildman–Crippen LogP) is -0.732. The highest BCUT2D eigenvalue weighted by atomic mass is 19.1. The van der Waals surface area contributed by atoms with Gasteiger partial charge in [0.25, 0.3) is 5.56 Å². The molecular formula is C14H15FN4O4. The van der Waals surface area contributed by atoms with Crippen molar-refractivity contribution in [2.75, 3.05) is 13.3 Å². The first-order valence-electron chi connectivity index (χ1n) is 6.91. The maximum Gasteiger partial charge on any atom is 0.279 e. The molecule has 23 heavy (non-hydrogen) atoms. The van der Waals surface area contributed by atoms with Crippen LogP contribution < -0.4 is 5.56 Å². The van der Waals surface area contributed by atoms with Crippen molar-refractivity contribution in [3.8, 4) is 12.3 Å². The number of aromatic nitrogens is 4. The number of nitrogens with zero attached hydrogens (tertiary/aromatic N) is 3. The number of aliphatic hydroxyl groups excluding tert-OH is 2. The van der Waals surface area contributed by atoms with Crippen molar-refractivity contribution in [3.05, 3.63) is 22.5 Å². The van der Waals surface area contributed by atoms with Crippen LogP contribution in [0.1, 0.15) is 12.1 Å². The Balaban J connectivity index is 2.15. The second-order valence-corrected chi connectivity index (χ2v) is 5.44. The Hall–Kier alpha value is -2.28. The number of nitrogens with one attached hydrogen (secondary N) is 1. The molecule has 1 fully saturated rings. The first kappa shape index (κ1) is 15.6. The largest absolute Gasteiger partial charge is 0.392 e. The number of terminal acetylenes is 1. The van der Waals surface area contributed by atoms with E-state index in [-0.39, 0.29) is 11.2 Å². The Kier molecular flexibility index (Phi) is 3.68. The lowest BCUT2D eigenvalue weighted by Crippen LogP contribution is -2.43. The van der Waals surface area contributed by atoms with Crippen LogP contribution in [0.3, 0.4) is 0 Å². The molecule has 1 saturated heterocycles. The summed E-state index contributed by atoms with van der Waals surface area (Å²) in [5.41, 5.74) is -1.90. The lowest BCUT2D eigenvalue weighted by Gasteiger charge is -2.23. The van der Waals surface area contributed by atoms with E-state index < -0.39 is 42.7 Å². The zero-order valence-electron chi connectivity index (χ0n) is 12.2. The third kappa shape index (κ3) is 2.15. The minimum atomic E-state index is -1.71.